The summed E-state index contributed by atoms with van der Waals surface area (Å²) in [5.41, 5.74) is 0. The number of hydrogen-bond acceptors (Lipinski definition) is 2. The Hall–Kier alpha value is -1.70. The summed E-state index contributed by atoms with van der Waals surface area (Å²) >= 11 is 0. The average molecular weight is 446 g/mol. The summed E-state index contributed by atoms with van der Waals surface area (Å²) in [5.74, 6) is -36.8. The van der Waals surface area contributed by atoms with Gasteiger partial charge in [-0.25, -0.2) is 4.79 Å². The molecule has 0 radical (unpaired) electrons. The Morgan fingerprint density at radius 2 is 1.25 bits per heavy atom. The molecule has 1 unspecified atom stereocenters. The Bertz CT molecular complexity index is 579. The number of rotatable bonds is 9. The van der Waals surface area contributed by atoms with Crippen LogP contribution in [-0.4, -0.2) is 47.9 Å². The first-order chi connectivity index (χ1) is 12.1. The highest BCUT2D eigenvalue weighted by molar-refractivity contribution is 5.81. The van der Waals surface area contributed by atoms with E-state index in [1.54, 1.807) is 0 Å². The molecule has 2 nitrogen and oxygen atoms in total. The highest BCUT2D eigenvalue weighted by Gasteiger charge is 2.87. The van der Waals surface area contributed by atoms with Crippen LogP contribution >= 0.6 is 0 Å². The molecule has 0 saturated carbocycles. The van der Waals surface area contributed by atoms with Gasteiger partial charge in [0.05, 0.1) is 0 Å². The van der Waals surface area contributed by atoms with Crippen molar-refractivity contribution in [2.24, 2.45) is 0 Å². The molecule has 0 rings (SSSR count). The van der Waals surface area contributed by atoms with Crippen LogP contribution in [0.1, 0.15) is 19.8 Å². The van der Waals surface area contributed by atoms with Crippen molar-refractivity contribution in [1.82, 2.24) is 0 Å². The summed E-state index contributed by atoms with van der Waals surface area (Å²) < 4.78 is 173. The van der Waals surface area contributed by atoms with Crippen LogP contribution in [0.25, 0.3) is 0 Å². The molecule has 0 spiro atoms. The fourth-order valence-corrected chi connectivity index (χ4v) is 1.64. The van der Waals surface area contributed by atoms with Gasteiger partial charge in [0, 0.05) is 18.9 Å². The third-order valence-electron chi connectivity index (χ3n) is 3.36. The summed E-state index contributed by atoms with van der Waals surface area (Å²) in [6.45, 7) is 2.52. The fourth-order valence-electron chi connectivity index (χ4n) is 1.64. The van der Waals surface area contributed by atoms with Gasteiger partial charge in [-0.2, -0.15) is 57.1 Å². The van der Waals surface area contributed by atoms with Crippen molar-refractivity contribution in [1.29, 1.82) is 0 Å². The Morgan fingerprint density at radius 1 is 0.821 bits per heavy atom. The van der Waals surface area contributed by atoms with Crippen LogP contribution in [-0.2, 0) is 9.53 Å². The summed E-state index contributed by atoms with van der Waals surface area (Å²) in [6, 6.07) is 0. The normalized spacial score (nSPS) is 15.9. The van der Waals surface area contributed by atoms with E-state index in [-0.39, 0.29) is 13.0 Å². The minimum Gasteiger partial charge on any atom is -0.453 e. The SMILES string of the molecule is C=CC(=O)OC(C)C(F)(F)C(F)(F)C(F)(F)C(F)(F)C(F)(F)CCC(F)(F)F. The number of alkyl halides is 13. The van der Waals surface area contributed by atoms with Crippen molar-refractivity contribution in [3.05, 3.63) is 12.7 Å². The van der Waals surface area contributed by atoms with Crippen LogP contribution in [0.5, 0.6) is 0 Å². The smallest absolute Gasteiger partial charge is 0.389 e. The average Bonchev–Trinajstić information content (AvgIpc) is 2.51. The van der Waals surface area contributed by atoms with Crippen LogP contribution in [0.4, 0.5) is 57.1 Å². The first-order valence-electron chi connectivity index (χ1n) is 6.87. The molecule has 0 aromatic heterocycles. The number of esters is 1. The third kappa shape index (κ3) is 4.64. The topological polar surface area (TPSA) is 26.3 Å². The second kappa shape index (κ2) is 7.61. The molecule has 28 heavy (non-hydrogen) atoms. The third-order valence-corrected chi connectivity index (χ3v) is 3.36. The van der Waals surface area contributed by atoms with E-state index < -0.39 is 60.7 Å². The van der Waals surface area contributed by atoms with Gasteiger partial charge in [0.2, 0.25) is 0 Å². The van der Waals surface area contributed by atoms with Crippen molar-refractivity contribution >= 4 is 5.97 Å². The molecule has 0 aliphatic heterocycles. The zero-order chi connectivity index (χ0) is 23.0. The highest BCUT2D eigenvalue weighted by Crippen LogP contribution is 2.59. The molecule has 0 aromatic carbocycles. The maximum Gasteiger partial charge on any atom is 0.389 e. The van der Waals surface area contributed by atoms with Gasteiger partial charge in [-0.15, -0.1) is 0 Å². The van der Waals surface area contributed by atoms with E-state index in [2.05, 4.69) is 11.3 Å². The molecular formula is C13H11F13O2. The Labute approximate surface area is 148 Å². The first kappa shape index (κ1) is 26.3. The van der Waals surface area contributed by atoms with Crippen LogP contribution in [0.2, 0.25) is 0 Å². The molecule has 15 heteroatoms. The van der Waals surface area contributed by atoms with Crippen molar-refractivity contribution in [2.75, 3.05) is 0 Å². The summed E-state index contributed by atoms with van der Waals surface area (Å²) in [4.78, 5) is 10.7. The Balaban J connectivity index is 6.01. The Kier molecular flexibility index (Phi) is 7.15. The van der Waals surface area contributed by atoms with E-state index in [1.807, 2.05) is 0 Å². The van der Waals surface area contributed by atoms with Crippen LogP contribution in [0, 0.1) is 0 Å². The van der Waals surface area contributed by atoms with Gasteiger partial charge in [0.15, 0.2) is 6.10 Å². The van der Waals surface area contributed by atoms with E-state index >= 15 is 0 Å². The van der Waals surface area contributed by atoms with Gasteiger partial charge < -0.3 is 4.74 Å². The van der Waals surface area contributed by atoms with E-state index in [1.165, 1.54) is 0 Å². The molecule has 0 amide bonds. The van der Waals surface area contributed by atoms with Crippen molar-refractivity contribution in [2.45, 2.75) is 61.7 Å². The van der Waals surface area contributed by atoms with E-state index in [4.69, 9.17) is 0 Å². The lowest BCUT2D eigenvalue weighted by Gasteiger charge is -2.40. The lowest BCUT2D eigenvalue weighted by Crippen LogP contribution is -2.69. The molecule has 0 aliphatic rings. The number of carbonyl (C=O) groups excluding carboxylic acids is 1. The van der Waals surface area contributed by atoms with Crippen LogP contribution in [0.3, 0.4) is 0 Å². The van der Waals surface area contributed by atoms with Crippen molar-refractivity contribution in [3.8, 4) is 0 Å². The largest absolute Gasteiger partial charge is 0.453 e. The molecule has 0 aromatic rings. The minimum absolute atomic E-state index is 0.114. The molecule has 0 heterocycles. The van der Waals surface area contributed by atoms with Gasteiger partial charge in [-0.1, -0.05) is 6.58 Å². The van der Waals surface area contributed by atoms with Crippen molar-refractivity contribution < 1.29 is 66.6 Å². The number of ether oxygens (including phenoxy) is 1. The summed E-state index contributed by atoms with van der Waals surface area (Å²) in [5, 5.41) is 0. The second-order valence-electron chi connectivity index (χ2n) is 5.45. The fraction of sp³-hybridized carbons (Fsp3) is 0.769. The maximum absolute atomic E-state index is 13.6. The van der Waals surface area contributed by atoms with Gasteiger partial charge in [0.25, 0.3) is 0 Å². The van der Waals surface area contributed by atoms with E-state index in [0.29, 0.717) is 0 Å². The van der Waals surface area contributed by atoms with Gasteiger partial charge in [0.1, 0.15) is 0 Å². The Morgan fingerprint density at radius 3 is 1.61 bits per heavy atom. The summed E-state index contributed by atoms with van der Waals surface area (Å²) in [7, 11) is 0. The second-order valence-corrected chi connectivity index (χ2v) is 5.45. The number of carbonyl (C=O) groups is 1. The van der Waals surface area contributed by atoms with E-state index in [0.717, 1.165) is 0 Å². The lowest BCUT2D eigenvalue weighted by molar-refractivity contribution is -0.410. The summed E-state index contributed by atoms with van der Waals surface area (Å²) in [6.07, 6.45) is -14.8. The molecule has 0 aliphatic carbocycles. The molecule has 0 bridgehead atoms. The molecular weight excluding hydrogens is 435 g/mol. The van der Waals surface area contributed by atoms with E-state index in [9.17, 15) is 61.9 Å². The predicted octanol–water partition coefficient (Wildman–Crippen LogP) is 5.62. The lowest BCUT2D eigenvalue weighted by atomic mass is 9.90. The molecule has 0 fully saturated rings. The first-order valence-corrected chi connectivity index (χ1v) is 6.87. The zero-order valence-corrected chi connectivity index (χ0v) is 13.5. The zero-order valence-electron chi connectivity index (χ0n) is 13.5. The van der Waals surface area contributed by atoms with Gasteiger partial charge in [-0.3, -0.25) is 0 Å². The number of hydrogen-bond donors (Lipinski definition) is 0. The molecule has 0 saturated heterocycles. The highest BCUT2D eigenvalue weighted by atomic mass is 19.4. The quantitative estimate of drug-likeness (QED) is 0.261. The number of halogens is 13. The molecule has 0 N–H and O–H groups in total. The predicted molar refractivity (Wildman–Crippen MR) is 65.8 cm³/mol. The standard InChI is InChI=1S/C13H11F13O2/c1-3-7(27)28-6(2)10(19,20)12(23,24)13(25,26)11(21,22)8(14,15)4-5-9(16,17)18/h3,6H,1,4-5H2,2H3. The molecule has 1 atom stereocenters. The van der Waals surface area contributed by atoms with Crippen molar-refractivity contribution in [3.63, 3.8) is 0 Å². The van der Waals surface area contributed by atoms with Gasteiger partial charge >= 0.3 is 41.8 Å². The maximum atomic E-state index is 13.6. The van der Waals surface area contributed by atoms with Gasteiger partial charge in [-0.05, 0) is 6.92 Å². The van der Waals surface area contributed by atoms with Crippen LogP contribution in [0.15, 0.2) is 12.7 Å². The minimum atomic E-state index is -7.55. The monoisotopic (exact) mass is 446 g/mol. The van der Waals surface area contributed by atoms with Crippen LogP contribution < -0.4 is 0 Å². The molecule has 166 valence electrons.